The molecule has 1 fully saturated rings. The fourth-order valence-corrected chi connectivity index (χ4v) is 4.47. The van der Waals surface area contributed by atoms with Crippen molar-refractivity contribution in [2.24, 2.45) is 0 Å². The lowest BCUT2D eigenvalue weighted by Gasteiger charge is -2.13. The Morgan fingerprint density at radius 2 is 1.76 bits per heavy atom. The van der Waals surface area contributed by atoms with Crippen LogP contribution in [0, 0.1) is 0 Å². The Hall–Kier alpha value is -3.63. The van der Waals surface area contributed by atoms with Gasteiger partial charge >= 0.3 is 0 Å². The summed E-state index contributed by atoms with van der Waals surface area (Å²) < 4.78 is 16.4. The number of hydrogen-bond acceptors (Lipinski definition) is 8. The number of rotatable bonds is 6. The topological polar surface area (TPSA) is 93.8 Å². The largest absolute Gasteiger partial charge is 0.493 e. The molecular weight excluding hydrogens is 462 g/mol. The second-order valence-corrected chi connectivity index (χ2v) is 8.47. The van der Waals surface area contributed by atoms with Gasteiger partial charge in [0.25, 0.3) is 11.5 Å². The third-order valence-electron chi connectivity index (χ3n) is 4.82. The molecule has 4 rings (SSSR count). The van der Waals surface area contributed by atoms with E-state index in [9.17, 15) is 9.59 Å². The molecule has 1 amide bonds. The van der Waals surface area contributed by atoms with Gasteiger partial charge in [0.05, 0.1) is 37.3 Å². The number of carbonyl (C=O) groups excluding carboxylic acids is 1. The summed E-state index contributed by atoms with van der Waals surface area (Å²) in [6.07, 6.45) is 4.62. The second-order valence-electron chi connectivity index (χ2n) is 6.79. The van der Waals surface area contributed by atoms with Gasteiger partial charge in [0.15, 0.2) is 15.8 Å². The highest BCUT2D eigenvalue weighted by atomic mass is 32.2. The van der Waals surface area contributed by atoms with Gasteiger partial charge in [0.2, 0.25) is 5.75 Å². The molecule has 2 heterocycles. The van der Waals surface area contributed by atoms with Crippen LogP contribution in [-0.2, 0) is 4.79 Å². The highest BCUT2D eigenvalue weighted by Gasteiger charge is 2.30. The van der Waals surface area contributed by atoms with E-state index in [1.54, 1.807) is 30.3 Å². The summed E-state index contributed by atoms with van der Waals surface area (Å²) in [5.74, 6) is 1.09. The second kappa shape index (κ2) is 9.47. The van der Waals surface area contributed by atoms with Crippen molar-refractivity contribution in [2.45, 2.75) is 0 Å². The Bertz CT molecular complexity index is 1360. The average molecular weight is 482 g/mol. The Labute approximate surface area is 198 Å². The van der Waals surface area contributed by atoms with Crippen LogP contribution in [0.1, 0.15) is 11.3 Å². The zero-order chi connectivity index (χ0) is 23.5. The summed E-state index contributed by atoms with van der Waals surface area (Å²) in [4.78, 5) is 34.1. The molecular formula is C23H19N3O5S2. The summed E-state index contributed by atoms with van der Waals surface area (Å²) in [5.41, 5.74) is 1.78. The molecule has 3 aromatic rings. The standard InChI is InChI=1S/C23H19N3O5S2/c1-29-17-10-13(11-18(30-2)20(17)31-3)12-19-22(28)26(23(32)33-19)9-8-16-21(27)25-15-7-5-4-6-14(15)24-16/h4-12H,1-3H3,(H,25,27)/b9-8+,19-12-. The number of nitrogens with one attached hydrogen (secondary N) is 1. The van der Waals surface area contributed by atoms with Crippen LogP contribution in [-0.4, -0.2) is 46.4 Å². The Morgan fingerprint density at radius 1 is 1.06 bits per heavy atom. The predicted molar refractivity (Wildman–Crippen MR) is 133 cm³/mol. The number of amides is 1. The first-order valence-electron chi connectivity index (χ1n) is 9.69. The quantitative estimate of drug-likeness (QED) is 0.420. The molecule has 8 nitrogen and oxygen atoms in total. The summed E-state index contributed by atoms with van der Waals surface area (Å²) in [7, 11) is 4.56. The van der Waals surface area contributed by atoms with Crippen LogP contribution >= 0.6 is 24.0 Å². The van der Waals surface area contributed by atoms with Crippen molar-refractivity contribution in [3.63, 3.8) is 0 Å². The third kappa shape index (κ3) is 4.48. The number of hydrogen-bond donors (Lipinski definition) is 1. The van der Waals surface area contributed by atoms with E-state index >= 15 is 0 Å². The van der Waals surface area contributed by atoms with E-state index in [0.29, 0.717) is 43.1 Å². The summed E-state index contributed by atoms with van der Waals surface area (Å²) in [5, 5.41) is 0. The number of thiocarbonyl (C=S) groups is 1. The van der Waals surface area contributed by atoms with Gasteiger partial charge in [-0.05, 0) is 42.0 Å². The molecule has 0 spiro atoms. The number of methoxy groups -OCH3 is 3. The molecule has 168 valence electrons. The van der Waals surface area contributed by atoms with E-state index < -0.39 is 0 Å². The SMILES string of the molecule is COc1cc(/C=C2\SC(=S)N(/C=C/c3nc4ccccc4[nH]c3=O)C2=O)cc(OC)c1OC. The lowest BCUT2D eigenvalue weighted by Crippen LogP contribution is -2.22. The molecule has 0 radical (unpaired) electrons. The van der Waals surface area contributed by atoms with Crippen LogP contribution < -0.4 is 19.8 Å². The molecule has 10 heteroatoms. The number of fused-ring (bicyclic) bond motifs is 1. The van der Waals surface area contributed by atoms with E-state index in [0.717, 1.165) is 11.8 Å². The Kier molecular flexibility index (Phi) is 6.47. The van der Waals surface area contributed by atoms with Crippen LogP contribution in [0.3, 0.4) is 0 Å². The maximum Gasteiger partial charge on any atom is 0.274 e. The monoisotopic (exact) mass is 481 g/mol. The number of H-pyrrole nitrogens is 1. The molecule has 0 atom stereocenters. The molecule has 1 aromatic heterocycles. The zero-order valence-corrected chi connectivity index (χ0v) is 19.6. The normalized spacial score (nSPS) is 15.1. The van der Waals surface area contributed by atoms with Crippen molar-refractivity contribution in [3.05, 3.63) is 69.1 Å². The van der Waals surface area contributed by atoms with Gasteiger partial charge in [0, 0.05) is 6.20 Å². The van der Waals surface area contributed by atoms with Gasteiger partial charge in [-0.3, -0.25) is 14.5 Å². The van der Waals surface area contributed by atoms with Crippen molar-refractivity contribution >= 4 is 57.4 Å². The highest BCUT2D eigenvalue weighted by Crippen LogP contribution is 2.40. The maximum absolute atomic E-state index is 13.0. The lowest BCUT2D eigenvalue weighted by atomic mass is 10.1. The van der Waals surface area contributed by atoms with Crippen molar-refractivity contribution in [1.29, 1.82) is 0 Å². The Morgan fingerprint density at radius 3 is 2.42 bits per heavy atom. The van der Waals surface area contributed by atoms with Crippen LogP contribution in [0.4, 0.5) is 0 Å². The molecule has 1 saturated heterocycles. The third-order valence-corrected chi connectivity index (χ3v) is 6.15. The number of aromatic nitrogens is 2. The minimum atomic E-state index is -0.358. The van der Waals surface area contributed by atoms with Gasteiger partial charge in [-0.15, -0.1) is 0 Å². The van der Waals surface area contributed by atoms with Gasteiger partial charge < -0.3 is 19.2 Å². The fourth-order valence-electron chi connectivity index (χ4n) is 3.25. The van der Waals surface area contributed by atoms with Gasteiger partial charge in [0.1, 0.15) is 5.69 Å². The first kappa shape index (κ1) is 22.6. The molecule has 0 bridgehead atoms. The molecule has 0 unspecified atom stereocenters. The highest BCUT2D eigenvalue weighted by molar-refractivity contribution is 8.26. The predicted octanol–water partition coefficient (Wildman–Crippen LogP) is 3.82. The van der Waals surface area contributed by atoms with Crippen LogP contribution in [0.5, 0.6) is 17.2 Å². The number of benzene rings is 2. The van der Waals surface area contributed by atoms with Gasteiger partial charge in [-0.2, -0.15) is 0 Å². The van der Waals surface area contributed by atoms with Crippen molar-refractivity contribution in [1.82, 2.24) is 14.9 Å². The van der Waals surface area contributed by atoms with Crippen LogP contribution in [0.25, 0.3) is 23.2 Å². The van der Waals surface area contributed by atoms with Crippen LogP contribution in [0.2, 0.25) is 0 Å². The number of aromatic amines is 1. The van der Waals surface area contributed by atoms with Crippen molar-refractivity contribution < 1.29 is 19.0 Å². The Balaban J connectivity index is 1.63. The van der Waals surface area contributed by atoms with Crippen LogP contribution in [0.15, 0.2) is 52.3 Å². The summed E-state index contributed by atoms with van der Waals surface area (Å²) in [6, 6.07) is 10.7. The summed E-state index contributed by atoms with van der Waals surface area (Å²) in [6.45, 7) is 0. The average Bonchev–Trinajstić information content (AvgIpc) is 3.08. The minimum Gasteiger partial charge on any atom is -0.493 e. The zero-order valence-electron chi connectivity index (χ0n) is 17.9. The van der Waals surface area contributed by atoms with E-state index in [-0.39, 0.29) is 17.2 Å². The van der Waals surface area contributed by atoms with Gasteiger partial charge in [-0.1, -0.05) is 36.1 Å². The molecule has 2 aromatic carbocycles. The number of nitrogens with zero attached hydrogens (tertiary/aromatic N) is 2. The minimum absolute atomic E-state index is 0.177. The number of carbonyl (C=O) groups is 1. The fraction of sp³-hybridized carbons (Fsp3) is 0.130. The molecule has 33 heavy (non-hydrogen) atoms. The van der Waals surface area contributed by atoms with Gasteiger partial charge in [-0.25, -0.2) is 4.98 Å². The van der Waals surface area contributed by atoms with E-state index in [2.05, 4.69) is 9.97 Å². The number of para-hydroxylation sites is 2. The smallest absolute Gasteiger partial charge is 0.274 e. The molecule has 1 N–H and O–H groups in total. The first-order chi connectivity index (χ1) is 15.9. The molecule has 1 aliphatic heterocycles. The molecule has 0 saturated carbocycles. The van der Waals surface area contributed by atoms with E-state index in [1.807, 2.05) is 12.1 Å². The first-order valence-corrected chi connectivity index (χ1v) is 10.9. The number of thioether (sulfide) groups is 1. The van der Waals surface area contributed by atoms with E-state index in [4.69, 9.17) is 26.4 Å². The number of ether oxygens (including phenoxy) is 3. The maximum atomic E-state index is 13.0. The molecule has 1 aliphatic rings. The lowest BCUT2D eigenvalue weighted by molar-refractivity contribution is -0.120. The molecule has 0 aliphatic carbocycles. The van der Waals surface area contributed by atoms with E-state index in [1.165, 1.54) is 38.5 Å². The van der Waals surface area contributed by atoms with Crippen molar-refractivity contribution in [2.75, 3.05) is 21.3 Å². The summed E-state index contributed by atoms with van der Waals surface area (Å²) >= 11 is 6.53. The van der Waals surface area contributed by atoms with Crippen molar-refractivity contribution in [3.8, 4) is 17.2 Å².